The molecule has 0 heterocycles. The second-order valence-electron chi connectivity index (χ2n) is 8.38. The predicted molar refractivity (Wildman–Crippen MR) is 91.7 cm³/mol. The molecule has 0 fully saturated rings. The first-order valence-corrected chi connectivity index (χ1v) is 13.1. The van der Waals surface area contributed by atoms with Crippen molar-refractivity contribution in [3.63, 3.8) is 0 Å². The lowest BCUT2D eigenvalue weighted by atomic mass is 10.2. The minimum absolute atomic E-state index is 0.140. The average molecular weight is 319 g/mol. The van der Waals surface area contributed by atoms with Crippen LogP contribution in [-0.2, 0) is 13.6 Å². The molecular formula is C15H34O3Si2. The maximum Gasteiger partial charge on any atom is 0.299 e. The lowest BCUT2D eigenvalue weighted by molar-refractivity contribution is 0.128. The summed E-state index contributed by atoms with van der Waals surface area (Å²) in [4.78, 5) is 0. The van der Waals surface area contributed by atoms with E-state index in [9.17, 15) is 0 Å². The van der Waals surface area contributed by atoms with E-state index in [-0.39, 0.29) is 10.1 Å². The van der Waals surface area contributed by atoms with E-state index in [1.165, 1.54) is 0 Å². The Bertz CT molecular complexity index is 347. The Balaban J connectivity index is 5.01. The van der Waals surface area contributed by atoms with Gasteiger partial charge in [0.25, 0.3) is 14.3 Å². The van der Waals surface area contributed by atoms with Crippen LogP contribution in [0.4, 0.5) is 0 Å². The summed E-state index contributed by atoms with van der Waals surface area (Å²) in [5.74, 6) is 0.501. The third-order valence-electron chi connectivity index (χ3n) is 4.62. The maximum atomic E-state index is 6.13. The van der Waals surface area contributed by atoms with Crippen molar-refractivity contribution in [3.8, 4) is 0 Å². The summed E-state index contributed by atoms with van der Waals surface area (Å²) >= 11 is 0. The van der Waals surface area contributed by atoms with Gasteiger partial charge in [-0.2, -0.15) is 0 Å². The van der Waals surface area contributed by atoms with Crippen LogP contribution >= 0.6 is 0 Å². The predicted octanol–water partition coefficient (Wildman–Crippen LogP) is 5.48. The first-order chi connectivity index (χ1) is 8.64. The van der Waals surface area contributed by atoms with Crippen LogP contribution in [0.3, 0.4) is 0 Å². The van der Waals surface area contributed by atoms with Gasteiger partial charge >= 0.3 is 0 Å². The molecule has 0 aromatic heterocycles. The zero-order chi connectivity index (χ0) is 16.4. The number of hydrogen-bond donors (Lipinski definition) is 0. The zero-order valence-electron chi connectivity index (χ0n) is 15.3. The number of ether oxygens (including phenoxy) is 1. The topological polar surface area (TPSA) is 27.7 Å². The first kappa shape index (κ1) is 19.6. The minimum atomic E-state index is -1.89. The lowest BCUT2D eigenvalue weighted by Gasteiger charge is -2.37. The van der Waals surface area contributed by atoms with Gasteiger partial charge in [-0.05, 0) is 36.3 Å². The second-order valence-corrected chi connectivity index (χ2v) is 17.9. The van der Waals surface area contributed by atoms with E-state index in [4.69, 9.17) is 13.6 Å². The fourth-order valence-electron chi connectivity index (χ4n) is 0.891. The van der Waals surface area contributed by atoms with Crippen LogP contribution in [0.2, 0.25) is 36.3 Å². The third kappa shape index (κ3) is 5.16. The molecule has 0 aliphatic rings. The summed E-state index contributed by atoms with van der Waals surface area (Å²) in [6.45, 7) is 22.1. The molecule has 0 radical (unpaired) electrons. The average Bonchev–Trinajstić information content (AvgIpc) is 2.20. The molecule has 0 spiro atoms. The molecule has 5 heteroatoms. The Kier molecular flexibility index (Phi) is 6.01. The Morgan fingerprint density at radius 3 is 1.50 bits per heavy atom. The van der Waals surface area contributed by atoms with E-state index >= 15 is 0 Å². The molecule has 0 saturated heterocycles. The lowest BCUT2D eigenvalue weighted by Crippen LogP contribution is -2.41. The molecule has 0 aliphatic heterocycles. The standard InChI is InChI=1S/C15H34O3Si2/c1-14(2,3)19(8,9)17-12-13(16-7)18-20(10,11)15(4,5)6/h12H,1-11H3/b13-12-. The summed E-state index contributed by atoms with van der Waals surface area (Å²) in [5.41, 5.74) is 0. The van der Waals surface area contributed by atoms with Crippen molar-refractivity contribution in [2.24, 2.45) is 0 Å². The third-order valence-corrected chi connectivity index (χ3v) is 13.3. The van der Waals surface area contributed by atoms with Crippen molar-refractivity contribution in [1.82, 2.24) is 0 Å². The van der Waals surface area contributed by atoms with Crippen molar-refractivity contribution in [2.75, 3.05) is 7.11 Å². The molecule has 0 bridgehead atoms. The normalized spacial score (nSPS) is 15.1. The summed E-state index contributed by atoms with van der Waals surface area (Å²) in [6.07, 6.45) is 1.68. The molecular weight excluding hydrogens is 284 g/mol. The molecule has 0 amide bonds. The van der Waals surface area contributed by atoms with Gasteiger partial charge in [-0.3, -0.25) is 0 Å². The molecule has 0 aromatic carbocycles. The molecule has 120 valence electrons. The summed E-state index contributed by atoms with van der Waals surface area (Å²) in [7, 11) is -2.08. The molecule has 0 saturated carbocycles. The molecule has 0 unspecified atom stereocenters. The van der Waals surface area contributed by atoms with Crippen molar-refractivity contribution < 1.29 is 13.6 Å². The highest BCUT2D eigenvalue weighted by Gasteiger charge is 2.41. The van der Waals surface area contributed by atoms with Gasteiger partial charge in [0.05, 0.1) is 7.11 Å². The Labute approximate surface area is 128 Å². The Hall–Kier alpha value is -0.426. The van der Waals surface area contributed by atoms with Gasteiger partial charge in [0.2, 0.25) is 8.32 Å². The summed E-state index contributed by atoms with van der Waals surface area (Å²) in [5, 5.41) is 0.306. The van der Waals surface area contributed by atoms with E-state index in [2.05, 4.69) is 67.7 Å². The fourth-order valence-corrected chi connectivity index (χ4v) is 2.58. The molecule has 0 aliphatic carbocycles. The minimum Gasteiger partial charge on any atom is -0.544 e. The van der Waals surface area contributed by atoms with Crippen molar-refractivity contribution in [2.45, 2.75) is 77.8 Å². The van der Waals surface area contributed by atoms with Crippen LogP contribution in [0.25, 0.3) is 0 Å². The molecule has 20 heavy (non-hydrogen) atoms. The highest BCUT2D eigenvalue weighted by atomic mass is 28.4. The van der Waals surface area contributed by atoms with Crippen molar-refractivity contribution in [1.29, 1.82) is 0 Å². The van der Waals surface area contributed by atoms with Crippen LogP contribution in [0.5, 0.6) is 0 Å². The zero-order valence-corrected chi connectivity index (χ0v) is 17.3. The van der Waals surface area contributed by atoms with Gasteiger partial charge in [-0.15, -0.1) is 0 Å². The molecule has 0 aromatic rings. The maximum absolute atomic E-state index is 6.13. The van der Waals surface area contributed by atoms with Gasteiger partial charge in [-0.25, -0.2) is 0 Å². The van der Waals surface area contributed by atoms with Crippen LogP contribution in [0.15, 0.2) is 12.2 Å². The van der Waals surface area contributed by atoms with Gasteiger partial charge in [0.1, 0.15) is 6.26 Å². The number of methoxy groups -OCH3 is 1. The smallest absolute Gasteiger partial charge is 0.299 e. The van der Waals surface area contributed by atoms with Gasteiger partial charge < -0.3 is 13.6 Å². The monoisotopic (exact) mass is 318 g/mol. The van der Waals surface area contributed by atoms with E-state index in [0.29, 0.717) is 5.95 Å². The Morgan fingerprint density at radius 1 is 0.800 bits per heavy atom. The van der Waals surface area contributed by atoms with E-state index < -0.39 is 16.6 Å². The second kappa shape index (κ2) is 6.14. The van der Waals surface area contributed by atoms with Crippen LogP contribution in [0, 0.1) is 0 Å². The van der Waals surface area contributed by atoms with Crippen LogP contribution < -0.4 is 0 Å². The Morgan fingerprint density at radius 2 is 1.20 bits per heavy atom. The largest absolute Gasteiger partial charge is 0.544 e. The molecule has 0 rings (SSSR count). The molecule has 0 atom stereocenters. The van der Waals surface area contributed by atoms with Crippen molar-refractivity contribution in [3.05, 3.63) is 12.2 Å². The highest BCUT2D eigenvalue weighted by molar-refractivity contribution is 6.74. The summed E-state index contributed by atoms with van der Waals surface area (Å²) in [6, 6.07) is 0. The van der Waals surface area contributed by atoms with Gasteiger partial charge in [0, 0.05) is 0 Å². The van der Waals surface area contributed by atoms with Crippen molar-refractivity contribution >= 4 is 16.6 Å². The molecule has 0 N–H and O–H groups in total. The van der Waals surface area contributed by atoms with Gasteiger partial charge in [-0.1, -0.05) is 41.5 Å². The van der Waals surface area contributed by atoms with Crippen LogP contribution in [-0.4, -0.2) is 23.7 Å². The molecule has 3 nitrogen and oxygen atoms in total. The van der Waals surface area contributed by atoms with E-state index in [1.54, 1.807) is 13.4 Å². The first-order valence-electron chi connectivity index (χ1n) is 7.25. The van der Waals surface area contributed by atoms with Gasteiger partial charge in [0.15, 0.2) is 0 Å². The number of rotatable bonds is 5. The quantitative estimate of drug-likeness (QED) is 0.496. The SMILES string of the molecule is CO/C(=C/O[Si](C)(C)C(C)(C)C)O[Si](C)(C)C(C)(C)C. The van der Waals surface area contributed by atoms with E-state index in [1.807, 2.05) is 0 Å². The van der Waals surface area contributed by atoms with Crippen LogP contribution in [0.1, 0.15) is 41.5 Å². The van der Waals surface area contributed by atoms with E-state index in [0.717, 1.165) is 0 Å². The highest BCUT2D eigenvalue weighted by Crippen LogP contribution is 2.39. The number of hydrogen-bond acceptors (Lipinski definition) is 3. The summed E-state index contributed by atoms with van der Waals surface area (Å²) < 4.78 is 17.5. The fraction of sp³-hybridized carbons (Fsp3) is 0.867.